The molecule has 0 aromatic heterocycles. The Kier molecular flexibility index (Phi) is 4.61. The maximum atomic E-state index is 12.1. The molecule has 1 N–H and O–H groups in total. The van der Waals surface area contributed by atoms with Crippen molar-refractivity contribution >= 4 is 11.9 Å². The zero-order chi connectivity index (χ0) is 15.2. The molecular formula is C17H16O4. The standard InChI is InChI=1S/C17H16O4/c1-20-16-10-6-13(11-17(16)21-2)15(19)9-5-12-3-7-14(18)8-4-12/h3-11,18H,1-2H3. The first kappa shape index (κ1) is 14.7. The number of benzene rings is 2. The molecule has 0 spiro atoms. The molecule has 0 fully saturated rings. The Morgan fingerprint density at radius 2 is 1.67 bits per heavy atom. The highest BCUT2D eigenvalue weighted by Crippen LogP contribution is 2.27. The van der Waals surface area contributed by atoms with Crippen molar-refractivity contribution in [1.82, 2.24) is 0 Å². The number of hydrogen-bond donors (Lipinski definition) is 1. The first-order chi connectivity index (χ1) is 10.1. The minimum Gasteiger partial charge on any atom is -0.508 e. The molecule has 0 aliphatic heterocycles. The summed E-state index contributed by atoms with van der Waals surface area (Å²) in [4.78, 5) is 12.1. The van der Waals surface area contributed by atoms with E-state index in [1.165, 1.54) is 13.2 Å². The molecule has 0 radical (unpaired) electrons. The zero-order valence-electron chi connectivity index (χ0n) is 11.9. The van der Waals surface area contributed by atoms with Crippen LogP contribution < -0.4 is 9.47 Å². The van der Waals surface area contributed by atoms with Gasteiger partial charge in [0.15, 0.2) is 17.3 Å². The van der Waals surface area contributed by atoms with Crippen molar-refractivity contribution < 1.29 is 19.4 Å². The molecular weight excluding hydrogens is 268 g/mol. The fourth-order valence-corrected chi connectivity index (χ4v) is 1.84. The summed E-state index contributed by atoms with van der Waals surface area (Å²) in [6.45, 7) is 0. The van der Waals surface area contributed by atoms with Crippen molar-refractivity contribution in [3.63, 3.8) is 0 Å². The molecule has 0 aliphatic rings. The largest absolute Gasteiger partial charge is 0.508 e. The van der Waals surface area contributed by atoms with E-state index < -0.39 is 0 Å². The van der Waals surface area contributed by atoms with Gasteiger partial charge in [0, 0.05) is 5.56 Å². The van der Waals surface area contributed by atoms with Crippen molar-refractivity contribution in [2.24, 2.45) is 0 Å². The van der Waals surface area contributed by atoms with Crippen LogP contribution in [0.25, 0.3) is 6.08 Å². The smallest absolute Gasteiger partial charge is 0.185 e. The highest BCUT2D eigenvalue weighted by molar-refractivity contribution is 6.07. The third-order valence-corrected chi connectivity index (χ3v) is 2.99. The molecule has 0 unspecified atom stereocenters. The van der Waals surface area contributed by atoms with E-state index in [-0.39, 0.29) is 11.5 Å². The molecule has 0 bridgehead atoms. The van der Waals surface area contributed by atoms with Gasteiger partial charge in [0.05, 0.1) is 14.2 Å². The van der Waals surface area contributed by atoms with Gasteiger partial charge < -0.3 is 14.6 Å². The van der Waals surface area contributed by atoms with Gasteiger partial charge in [-0.25, -0.2) is 0 Å². The number of allylic oxidation sites excluding steroid dienone is 1. The van der Waals surface area contributed by atoms with Crippen molar-refractivity contribution in [3.8, 4) is 17.2 Å². The molecule has 0 saturated carbocycles. The fraction of sp³-hybridized carbons (Fsp3) is 0.118. The van der Waals surface area contributed by atoms with Crippen LogP contribution in [0.4, 0.5) is 0 Å². The number of ether oxygens (including phenoxy) is 2. The lowest BCUT2D eigenvalue weighted by atomic mass is 10.1. The Morgan fingerprint density at radius 3 is 2.29 bits per heavy atom. The summed E-state index contributed by atoms with van der Waals surface area (Å²) in [6.07, 6.45) is 3.17. The second-order valence-corrected chi connectivity index (χ2v) is 4.36. The maximum Gasteiger partial charge on any atom is 0.185 e. The maximum absolute atomic E-state index is 12.1. The molecule has 4 nitrogen and oxygen atoms in total. The molecule has 2 aromatic carbocycles. The summed E-state index contributed by atoms with van der Waals surface area (Å²) in [5.74, 6) is 1.15. The van der Waals surface area contributed by atoms with Gasteiger partial charge in [-0.05, 0) is 42.0 Å². The van der Waals surface area contributed by atoms with E-state index in [4.69, 9.17) is 9.47 Å². The molecule has 0 saturated heterocycles. The Hall–Kier alpha value is -2.75. The minimum absolute atomic E-state index is 0.135. The monoisotopic (exact) mass is 284 g/mol. The molecule has 0 atom stereocenters. The number of phenols is 1. The van der Waals surface area contributed by atoms with Gasteiger partial charge in [0.25, 0.3) is 0 Å². The van der Waals surface area contributed by atoms with Gasteiger partial charge in [-0.2, -0.15) is 0 Å². The summed E-state index contributed by atoms with van der Waals surface area (Å²) in [5.41, 5.74) is 1.35. The van der Waals surface area contributed by atoms with Crippen molar-refractivity contribution in [2.75, 3.05) is 14.2 Å². The van der Waals surface area contributed by atoms with Crippen molar-refractivity contribution in [2.45, 2.75) is 0 Å². The van der Waals surface area contributed by atoms with Gasteiger partial charge >= 0.3 is 0 Å². The van der Waals surface area contributed by atoms with Gasteiger partial charge in [0.2, 0.25) is 0 Å². The predicted molar refractivity (Wildman–Crippen MR) is 81.0 cm³/mol. The fourth-order valence-electron chi connectivity index (χ4n) is 1.84. The van der Waals surface area contributed by atoms with E-state index in [9.17, 15) is 9.90 Å². The number of rotatable bonds is 5. The number of carbonyl (C=O) groups is 1. The van der Waals surface area contributed by atoms with E-state index in [0.29, 0.717) is 17.1 Å². The normalized spacial score (nSPS) is 10.6. The number of hydrogen-bond acceptors (Lipinski definition) is 4. The van der Waals surface area contributed by atoms with E-state index in [0.717, 1.165) is 5.56 Å². The van der Waals surface area contributed by atoms with Crippen molar-refractivity contribution in [3.05, 3.63) is 59.7 Å². The van der Waals surface area contributed by atoms with Gasteiger partial charge in [0.1, 0.15) is 5.75 Å². The van der Waals surface area contributed by atoms with Crippen LogP contribution in [0.2, 0.25) is 0 Å². The third kappa shape index (κ3) is 3.63. The number of aromatic hydroxyl groups is 1. The van der Waals surface area contributed by atoms with Crippen LogP contribution in [-0.4, -0.2) is 25.1 Å². The number of ketones is 1. The van der Waals surface area contributed by atoms with Crippen LogP contribution in [0.3, 0.4) is 0 Å². The van der Waals surface area contributed by atoms with E-state index in [1.807, 2.05) is 0 Å². The minimum atomic E-state index is -0.135. The Labute approximate surface area is 123 Å². The molecule has 0 aliphatic carbocycles. The molecule has 2 rings (SSSR count). The second-order valence-electron chi connectivity index (χ2n) is 4.36. The number of methoxy groups -OCH3 is 2. The molecule has 21 heavy (non-hydrogen) atoms. The van der Waals surface area contributed by atoms with E-state index in [2.05, 4.69) is 0 Å². The Bertz CT molecular complexity index is 657. The number of carbonyl (C=O) groups excluding carboxylic acids is 1. The lowest BCUT2D eigenvalue weighted by Gasteiger charge is -2.07. The molecule has 4 heteroatoms. The van der Waals surface area contributed by atoms with E-state index in [1.54, 1.807) is 55.7 Å². The summed E-state index contributed by atoms with van der Waals surface area (Å²) < 4.78 is 10.3. The third-order valence-electron chi connectivity index (χ3n) is 2.99. The van der Waals surface area contributed by atoms with Crippen LogP contribution >= 0.6 is 0 Å². The quantitative estimate of drug-likeness (QED) is 0.676. The Balaban J connectivity index is 2.18. The molecule has 108 valence electrons. The molecule has 0 amide bonds. The lowest BCUT2D eigenvalue weighted by Crippen LogP contribution is -1.97. The average molecular weight is 284 g/mol. The first-order valence-electron chi connectivity index (χ1n) is 6.37. The summed E-state index contributed by atoms with van der Waals surface area (Å²) >= 11 is 0. The zero-order valence-corrected chi connectivity index (χ0v) is 11.9. The van der Waals surface area contributed by atoms with Crippen LogP contribution in [0.1, 0.15) is 15.9 Å². The summed E-state index contributed by atoms with van der Waals surface area (Å²) in [5, 5.41) is 9.20. The topological polar surface area (TPSA) is 55.8 Å². The average Bonchev–Trinajstić information content (AvgIpc) is 2.53. The van der Waals surface area contributed by atoms with Crippen LogP contribution in [0.15, 0.2) is 48.5 Å². The predicted octanol–water partition coefficient (Wildman–Crippen LogP) is 3.31. The van der Waals surface area contributed by atoms with Crippen LogP contribution in [0, 0.1) is 0 Å². The lowest BCUT2D eigenvalue weighted by molar-refractivity contribution is 0.104. The SMILES string of the molecule is COc1ccc(C(=O)C=Cc2ccc(O)cc2)cc1OC. The van der Waals surface area contributed by atoms with Crippen molar-refractivity contribution in [1.29, 1.82) is 0 Å². The van der Waals surface area contributed by atoms with Crippen LogP contribution in [-0.2, 0) is 0 Å². The van der Waals surface area contributed by atoms with E-state index >= 15 is 0 Å². The first-order valence-corrected chi connectivity index (χ1v) is 6.37. The highest BCUT2D eigenvalue weighted by Gasteiger charge is 2.08. The summed E-state index contributed by atoms with van der Waals surface area (Å²) in [6, 6.07) is 11.6. The number of phenolic OH excluding ortho intramolecular Hbond substituents is 1. The van der Waals surface area contributed by atoms with Gasteiger partial charge in [-0.3, -0.25) is 4.79 Å². The Morgan fingerprint density at radius 1 is 1.00 bits per heavy atom. The highest BCUT2D eigenvalue weighted by atomic mass is 16.5. The van der Waals surface area contributed by atoms with Gasteiger partial charge in [-0.15, -0.1) is 0 Å². The van der Waals surface area contributed by atoms with Crippen LogP contribution in [0.5, 0.6) is 17.2 Å². The van der Waals surface area contributed by atoms with Gasteiger partial charge in [-0.1, -0.05) is 18.2 Å². The molecule has 0 heterocycles. The summed E-state index contributed by atoms with van der Waals surface area (Å²) in [7, 11) is 3.07. The second kappa shape index (κ2) is 6.61. The molecule has 2 aromatic rings.